The van der Waals surface area contributed by atoms with Gasteiger partial charge in [0.15, 0.2) is 5.76 Å². The molecule has 1 atom stereocenters. The molecule has 1 heterocycles. The molecule has 6 heteroatoms. The SMILES string of the molecule is COc1ccc(NC(=O)c2ccc(C(C)N)o2)cc1Cl. The predicted octanol–water partition coefficient (Wildman–Crippen LogP) is 3.21. The standard InChI is InChI=1S/C14H15ClN2O3/c1-8(16)11-5-6-13(20-11)14(18)17-9-3-4-12(19-2)10(15)7-9/h3-8H,16H2,1-2H3,(H,17,18). The van der Waals surface area contributed by atoms with Crippen molar-refractivity contribution in [1.82, 2.24) is 0 Å². The van der Waals surface area contributed by atoms with Crippen molar-refractivity contribution in [2.75, 3.05) is 12.4 Å². The van der Waals surface area contributed by atoms with Crippen LogP contribution in [0.3, 0.4) is 0 Å². The Balaban J connectivity index is 2.12. The van der Waals surface area contributed by atoms with Crippen molar-refractivity contribution < 1.29 is 13.9 Å². The minimum absolute atomic E-state index is 0.198. The summed E-state index contributed by atoms with van der Waals surface area (Å²) in [7, 11) is 1.53. The van der Waals surface area contributed by atoms with Gasteiger partial charge in [0, 0.05) is 5.69 Å². The minimum Gasteiger partial charge on any atom is -0.495 e. The molecule has 1 unspecified atom stereocenters. The zero-order valence-electron chi connectivity index (χ0n) is 11.1. The lowest BCUT2D eigenvalue weighted by molar-refractivity contribution is 0.0994. The Labute approximate surface area is 121 Å². The number of anilines is 1. The first-order valence-electron chi connectivity index (χ1n) is 6.01. The van der Waals surface area contributed by atoms with Gasteiger partial charge in [-0.15, -0.1) is 0 Å². The van der Waals surface area contributed by atoms with Crippen LogP contribution < -0.4 is 15.8 Å². The number of rotatable bonds is 4. The summed E-state index contributed by atoms with van der Waals surface area (Å²) in [6.45, 7) is 1.78. The van der Waals surface area contributed by atoms with E-state index in [1.165, 1.54) is 7.11 Å². The molecule has 0 aliphatic carbocycles. The molecule has 5 nitrogen and oxygen atoms in total. The molecular formula is C14H15ClN2O3. The second kappa shape index (κ2) is 5.98. The van der Waals surface area contributed by atoms with Crippen LogP contribution in [0.5, 0.6) is 5.75 Å². The van der Waals surface area contributed by atoms with Gasteiger partial charge >= 0.3 is 0 Å². The topological polar surface area (TPSA) is 77.5 Å². The molecule has 20 heavy (non-hydrogen) atoms. The maximum Gasteiger partial charge on any atom is 0.291 e. The summed E-state index contributed by atoms with van der Waals surface area (Å²) in [5.41, 5.74) is 6.23. The number of amides is 1. The van der Waals surface area contributed by atoms with E-state index in [0.717, 1.165) is 0 Å². The molecular weight excluding hydrogens is 280 g/mol. The molecule has 106 valence electrons. The largest absolute Gasteiger partial charge is 0.495 e. The van der Waals surface area contributed by atoms with E-state index >= 15 is 0 Å². The first kappa shape index (κ1) is 14.4. The first-order valence-corrected chi connectivity index (χ1v) is 6.39. The maximum atomic E-state index is 12.0. The summed E-state index contributed by atoms with van der Waals surface area (Å²) in [6.07, 6.45) is 0. The van der Waals surface area contributed by atoms with Crippen molar-refractivity contribution in [3.05, 3.63) is 46.9 Å². The molecule has 0 fully saturated rings. The highest BCUT2D eigenvalue weighted by molar-refractivity contribution is 6.32. The molecule has 0 aliphatic rings. The monoisotopic (exact) mass is 294 g/mol. The predicted molar refractivity (Wildman–Crippen MR) is 77.3 cm³/mol. The normalized spacial score (nSPS) is 12.0. The molecule has 1 amide bonds. The van der Waals surface area contributed by atoms with E-state index in [9.17, 15) is 4.79 Å². The Hall–Kier alpha value is -1.98. The summed E-state index contributed by atoms with van der Waals surface area (Å²) in [5.74, 6) is 0.937. The third-order valence-corrected chi connectivity index (χ3v) is 3.00. The third-order valence-electron chi connectivity index (χ3n) is 2.71. The number of furan rings is 1. The summed E-state index contributed by atoms with van der Waals surface area (Å²) in [5, 5.41) is 3.11. The Morgan fingerprint density at radius 3 is 2.70 bits per heavy atom. The maximum absolute atomic E-state index is 12.0. The fourth-order valence-electron chi connectivity index (χ4n) is 1.66. The van der Waals surface area contributed by atoms with Crippen LogP contribution in [-0.2, 0) is 0 Å². The average molecular weight is 295 g/mol. The van der Waals surface area contributed by atoms with E-state index in [1.807, 2.05) is 0 Å². The molecule has 0 radical (unpaired) electrons. The fourth-order valence-corrected chi connectivity index (χ4v) is 1.91. The van der Waals surface area contributed by atoms with Crippen molar-refractivity contribution in [1.29, 1.82) is 0 Å². The molecule has 0 spiro atoms. The van der Waals surface area contributed by atoms with Crippen LogP contribution in [0, 0.1) is 0 Å². The number of benzene rings is 1. The molecule has 3 N–H and O–H groups in total. The summed E-state index contributed by atoms with van der Waals surface area (Å²) >= 11 is 5.99. The van der Waals surface area contributed by atoms with E-state index in [4.69, 9.17) is 26.5 Å². The molecule has 0 aliphatic heterocycles. The number of nitrogens with two attached hydrogens (primary N) is 1. The van der Waals surface area contributed by atoms with Crippen LogP contribution in [0.4, 0.5) is 5.69 Å². The highest BCUT2D eigenvalue weighted by Gasteiger charge is 2.13. The zero-order chi connectivity index (χ0) is 14.7. The second-order valence-corrected chi connectivity index (χ2v) is 4.70. The Morgan fingerprint density at radius 2 is 2.15 bits per heavy atom. The van der Waals surface area contributed by atoms with Crippen LogP contribution in [-0.4, -0.2) is 13.0 Å². The van der Waals surface area contributed by atoms with Gasteiger partial charge in [-0.1, -0.05) is 11.6 Å². The number of hydrogen-bond acceptors (Lipinski definition) is 4. The van der Waals surface area contributed by atoms with Crippen LogP contribution in [0.2, 0.25) is 5.02 Å². The van der Waals surface area contributed by atoms with Crippen molar-refractivity contribution in [2.24, 2.45) is 5.73 Å². The number of carbonyl (C=O) groups is 1. The lowest BCUT2D eigenvalue weighted by atomic mass is 10.3. The third kappa shape index (κ3) is 3.12. The van der Waals surface area contributed by atoms with Crippen LogP contribution in [0.25, 0.3) is 0 Å². The average Bonchev–Trinajstić information content (AvgIpc) is 2.88. The number of methoxy groups -OCH3 is 1. The highest BCUT2D eigenvalue weighted by atomic mass is 35.5. The number of halogens is 1. The number of ether oxygens (including phenoxy) is 1. The van der Waals surface area contributed by atoms with Gasteiger partial charge in [0.05, 0.1) is 18.2 Å². The molecule has 0 saturated carbocycles. The van der Waals surface area contributed by atoms with Crippen molar-refractivity contribution in [3.8, 4) is 5.75 Å². The molecule has 0 bridgehead atoms. The van der Waals surface area contributed by atoms with Crippen molar-refractivity contribution >= 4 is 23.2 Å². The fraction of sp³-hybridized carbons (Fsp3) is 0.214. The van der Waals surface area contributed by atoms with E-state index in [-0.39, 0.29) is 17.7 Å². The van der Waals surface area contributed by atoms with Crippen molar-refractivity contribution in [3.63, 3.8) is 0 Å². The Morgan fingerprint density at radius 1 is 1.40 bits per heavy atom. The molecule has 2 rings (SSSR count). The quantitative estimate of drug-likeness (QED) is 0.907. The van der Waals surface area contributed by atoms with Gasteiger partial charge in [-0.2, -0.15) is 0 Å². The molecule has 1 aromatic carbocycles. The molecule has 1 aromatic heterocycles. The van der Waals surface area contributed by atoms with E-state index in [1.54, 1.807) is 37.3 Å². The lowest BCUT2D eigenvalue weighted by Crippen LogP contribution is -2.11. The first-order chi connectivity index (χ1) is 9.51. The Bertz CT molecular complexity index is 623. The summed E-state index contributed by atoms with van der Waals surface area (Å²) < 4.78 is 10.4. The van der Waals surface area contributed by atoms with Gasteiger partial charge in [0.2, 0.25) is 0 Å². The van der Waals surface area contributed by atoms with Gasteiger partial charge in [0.1, 0.15) is 11.5 Å². The number of nitrogens with one attached hydrogen (secondary N) is 1. The van der Waals surface area contributed by atoms with Gasteiger partial charge in [-0.3, -0.25) is 4.79 Å². The number of carbonyl (C=O) groups excluding carboxylic acids is 1. The smallest absolute Gasteiger partial charge is 0.291 e. The van der Waals surface area contributed by atoms with Crippen molar-refractivity contribution in [2.45, 2.75) is 13.0 Å². The molecule has 0 saturated heterocycles. The van der Waals surface area contributed by atoms with Gasteiger partial charge in [0.25, 0.3) is 5.91 Å². The van der Waals surface area contributed by atoms with Gasteiger partial charge in [-0.25, -0.2) is 0 Å². The van der Waals surface area contributed by atoms with Gasteiger partial charge in [-0.05, 0) is 37.3 Å². The van der Waals surface area contributed by atoms with E-state index in [0.29, 0.717) is 22.2 Å². The van der Waals surface area contributed by atoms with Crippen LogP contribution in [0.15, 0.2) is 34.7 Å². The second-order valence-electron chi connectivity index (χ2n) is 4.29. The van der Waals surface area contributed by atoms with Crippen LogP contribution in [0.1, 0.15) is 29.3 Å². The Kier molecular flexibility index (Phi) is 4.32. The summed E-state index contributed by atoms with van der Waals surface area (Å²) in [4.78, 5) is 12.0. The number of hydrogen-bond donors (Lipinski definition) is 2. The van der Waals surface area contributed by atoms with Crippen LogP contribution >= 0.6 is 11.6 Å². The van der Waals surface area contributed by atoms with E-state index < -0.39 is 0 Å². The summed E-state index contributed by atoms with van der Waals surface area (Å²) in [6, 6.07) is 7.98. The highest BCUT2D eigenvalue weighted by Crippen LogP contribution is 2.27. The zero-order valence-corrected chi connectivity index (χ0v) is 11.9. The molecule has 2 aromatic rings. The van der Waals surface area contributed by atoms with Gasteiger partial charge < -0.3 is 20.2 Å². The lowest BCUT2D eigenvalue weighted by Gasteiger charge is -2.07. The van der Waals surface area contributed by atoms with E-state index in [2.05, 4.69) is 5.32 Å². The minimum atomic E-state index is -0.363.